The van der Waals surface area contributed by atoms with Gasteiger partial charge < -0.3 is 14.6 Å². The highest BCUT2D eigenvalue weighted by Gasteiger charge is 2.33. The quantitative estimate of drug-likeness (QED) is 0.775. The summed E-state index contributed by atoms with van der Waals surface area (Å²) in [5.41, 5.74) is 1.50. The number of H-pyrrole nitrogens is 2. The van der Waals surface area contributed by atoms with Crippen molar-refractivity contribution in [2.24, 2.45) is 0 Å². The SMILES string of the molecule is COc1ccc2[nH]c(C(=O)N3CCC[C@H]3c3n[nH]c(C)n3)cc2c1. The van der Waals surface area contributed by atoms with Crippen LogP contribution in [0.4, 0.5) is 0 Å². The summed E-state index contributed by atoms with van der Waals surface area (Å²) in [6, 6.07) is 7.53. The molecule has 7 heteroatoms. The number of likely N-dealkylation sites (tertiary alicyclic amines) is 1. The van der Waals surface area contributed by atoms with E-state index < -0.39 is 0 Å². The number of nitrogens with one attached hydrogen (secondary N) is 2. The predicted molar refractivity (Wildman–Crippen MR) is 89.0 cm³/mol. The Bertz CT molecular complexity index is 897. The number of carbonyl (C=O) groups is 1. The van der Waals surface area contributed by atoms with Crippen molar-refractivity contribution in [2.45, 2.75) is 25.8 Å². The number of nitrogens with zero attached hydrogens (tertiary/aromatic N) is 3. The summed E-state index contributed by atoms with van der Waals surface area (Å²) in [5.74, 6) is 2.21. The fourth-order valence-electron chi connectivity index (χ4n) is 3.29. The Morgan fingerprint density at radius 2 is 2.25 bits per heavy atom. The Kier molecular flexibility index (Phi) is 3.48. The topological polar surface area (TPSA) is 86.9 Å². The monoisotopic (exact) mass is 325 g/mol. The van der Waals surface area contributed by atoms with Gasteiger partial charge in [-0.05, 0) is 44.0 Å². The summed E-state index contributed by atoms with van der Waals surface area (Å²) in [7, 11) is 1.63. The maximum absolute atomic E-state index is 13.0. The van der Waals surface area contributed by atoms with Crippen LogP contribution in [0.2, 0.25) is 0 Å². The summed E-state index contributed by atoms with van der Waals surface area (Å²) >= 11 is 0. The molecule has 0 radical (unpaired) electrons. The van der Waals surface area contributed by atoms with Crippen LogP contribution in [-0.2, 0) is 0 Å². The second-order valence-electron chi connectivity index (χ2n) is 6.07. The molecule has 1 atom stereocenters. The van der Waals surface area contributed by atoms with E-state index in [9.17, 15) is 4.79 Å². The van der Waals surface area contributed by atoms with Crippen LogP contribution in [-0.4, -0.2) is 44.6 Å². The molecule has 7 nitrogen and oxygen atoms in total. The van der Waals surface area contributed by atoms with Crippen LogP contribution >= 0.6 is 0 Å². The summed E-state index contributed by atoms with van der Waals surface area (Å²) in [6.45, 7) is 2.58. The molecule has 3 aromatic rings. The lowest BCUT2D eigenvalue weighted by molar-refractivity contribution is 0.0725. The van der Waals surface area contributed by atoms with Gasteiger partial charge in [0.15, 0.2) is 5.82 Å². The minimum absolute atomic E-state index is 0.0184. The minimum Gasteiger partial charge on any atom is -0.497 e. The number of amides is 1. The van der Waals surface area contributed by atoms with E-state index in [2.05, 4.69) is 20.2 Å². The highest BCUT2D eigenvalue weighted by atomic mass is 16.5. The Balaban J connectivity index is 1.65. The molecular formula is C17H19N5O2. The number of ether oxygens (including phenoxy) is 1. The first-order valence-electron chi connectivity index (χ1n) is 8.02. The molecule has 1 aliphatic rings. The highest BCUT2D eigenvalue weighted by Crippen LogP contribution is 2.32. The Hall–Kier alpha value is -2.83. The molecule has 3 heterocycles. The van der Waals surface area contributed by atoms with Crippen molar-refractivity contribution in [3.8, 4) is 5.75 Å². The number of methoxy groups -OCH3 is 1. The standard InChI is InChI=1S/C17H19N5O2/c1-10-18-16(21-20-10)15-4-3-7-22(15)17(23)14-9-11-8-12(24-2)5-6-13(11)19-14/h5-6,8-9,15,19H,3-4,7H2,1-2H3,(H,18,20,21)/t15-/m0/s1. The lowest BCUT2D eigenvalue weighted by Gasteiger charge is -2.21. The third kappa shape index (κ3) is 2.42. The lowest BCUT2D eigenvalue weighted by Crippen LogP contribution is -2.31. The van der Waals surface area contributed by atoms with Gasteiger partial charge in [-0.25, -0.2) is 4.98 Å². The molecule has 124 valence electrons. The smallest absolute Gasteiger partial charge is 0.270 e. The number of hydrogen-bond acceptors (Lipinski definition) is 4. The van der Waals surface area contributed by atoms with E-state index in [-0.39, 0.29) is 11.9 Å². The minimum atomic E-state index is -0.0663. The van der Waals surface area contributed by atoms with E-state index in [0.29, 0.717) is 11.5 Å². The molecule has 2 aromatic heterocycles. The third-order valence-electron chi connectivity index (χ3n) is 4.48. The number of aryl methyl sites for hydroxylation is 1. The van der Waals surface area contributed by atoms with Gasteiger partial charge in [0.05, 0.1) is 13.2 Å². The number of aromatic nitrogens is 4. The molecule has 0 aliphatic carbocycles. The highest BCUT2D eigenvalue weighted by molar-refractivity contribution is 5.98. The average Bonchev–Trinajstić information content (AvgIpc) is 3.31. The van der Waals surface area contributed by atoms with Crippen LogP contribution in [0.15, 0.2) is 24.3 Å². The number of rotatable bonds is 3. The van der Waals surface area contributed by atoms with Crippen LogP contribution in [0.1, 0.15) is 41.0 Å². The van der Waals surface area contributed by atoms with Gasteiger partial charge in [0.25, 0.3) is 5.91 Å². The number of aromatic amines is 2. The fraction of sp³-hybridized carbons (Fsp3) is 0.353. The van der Waals surface area contributed by atoms with E-state index in [1.807, 2.05) is 36.1 Å². The van der Waals surface area contributed by atoms with Crippen LogP contribution < -0.4 is 4.74 Å². The second-order valence-corrected chi connectivity index (χ2v) is 6.07. The molecule has 0 unspecified atom stereocenters. The van der Waals surface area contributed by atoms with Crippen molar-refractivity contribution < 1.29 is 9.53 Å². The molecule has 1 amide bonds. The largest absolute Gasteiger partial charge is 0.497 e. The summed E-state index contributed by atoms with van der Waals surface area (Å²) in [6.07, 6.45) is 1.84. The normalized spacial score (nSPS) is 17.6. The number of hydrogen-bond donors (Lipinski definition) is 2. The van der Waals surface area contributed by atoms with E-state index in [0.717, 1.165) is 41.9 Å². The van der Waals surface area contributed by atoms with Crippen LogP contribution in [0, 0.1) is 6.92 Å². The first kappa shape index (κ1) is 14.7. The van der Waals surface area contributed by atoms with Crippen molar-refractivity contribution in [1.82, 2.24) is 25.1 Å². The summed E-state index contributed by atoms with van der Waals surface area (Å²) in [5, 5.41) is 8.05. The Morgan fingerprint density at radius 1 is 1.38 bits per heavy atom. The van der Waals surface area contributed by atoms with Crippen LogP contribution in [0.25, 0.3) is 10.9 Å². The van der Waals surface area contributed by atoms with Crippen molar-refractivity contribution in [3.63, 3.8) is 0 Å². The zero-order valence-corrected chi connectivity index (χ0v) is 13.7. The fourth-order valence-corrected chi connectivity index (χ4v) is 3.29. The summed E-state index contributed by atoms with van der Waals surface area (Å²) < 4.78 is 5.24. The molecule has 2 N–H and O–H groups in total. The van der Waals surface area contributed by atoms with Gasteiger partial charge in [0.1, 0.15) is 17.3 Å². The Morgan fingerprint density at radius 3 is 3.00 bits per heavy atom. The van der Waals surface area contributed by atoms with E-state index in [4.69, 9.17) is 4.74 Å². The molecular weight excluding hydrogens is 306 g/mol. The Labute approximate surface area is 139 Å². The van der Waals surface area contributed by atoms with E-state index in [1.165, 1.54) is 0 Å². The van der Waals surface area contributed by atoms with Gasteiger partial charge >= 0.3 is 0 Å². The zero-order chi connectivity index (χ0) is 16.7. The number of benzene rings is 1. The molecule has 4 rings (SSSR count). The average molecular weight is 325 g/mol. The summed E-state index contributed by atoms with van der Waals surface area (Å²) in [4.78, 5) is 22.4. The van der Waals surface area contributed by atoms with Crippen molar-refractivity contribution in [3.05, 3.63) is 41.6 Å². The maximum Gasteiger partial charge on any atom is 0.270 e. The first-order chi connectivity index (χ1) is 11.7. The molecule has 0 spiro atoms. The number of carbonyl (C=O) groups excluding carboxylic acids is 1. The van der Waals surface area contributed by atoms with Crippen molar-refractivity contribution in [1.29, 1.82) is 0 Å². The number of fused-ring (bicyclic) bond motifs is 1. The molecule has 1 aliphatic heterocycles. The van der Waals surface area contributed by atoms with Crippen LogP contribution in [0.3, 0.4) is 0 Å². The molecule has 0 saturated carbocycles. The molecule has 0 bridgehead atoms. The van der Waals surface area contributed by atoms with Gasteiger partial charge in [-0.3, -0.25) is 9.89 Å². The van der Waals surface area contributed by atoms with Gasteiger partial charge in [-0.15, -0.1) is 0 Å². The van der Waals surface area contributed by atoms with Gasteiger partial charge in [0.2, 0.25) is 0 Å². The zero-order valence-electron chi connectivity index (χ0n) is 13.7. The molecule has 1 fully saturated rings. The third-order valence-corrected chi connectivity index (χ3v) is 4.48. The van der Waals surface area contributed by atoms with Crippen molar-refractivity contribution in [2.75, 3.05) is 13.7 Å². The second kappa shape index (κ2) is 5.67. The molecule has 1 aromatic carbocycles. The predicted octanol–water partition coefficient (Wildman–Crippen LogP) is 2.58. The van der Waals surface area contributed by atoms with Gasteiger partial charge in [-0.2, -0.15) is 5.10 Å². The van der Waals surface area contributed by atoms with Crippen LogP contribution in [0.5, 0.6) is 5.75 Å². The lowest BCUT2D eigenvalue weighted by atomic mass is 10.2. The van der Waals surface area contributed by atoms with E-state index >= 15 is 0 Å². The first-order valence-corrected chi connectivity index (χ1v) is 8.02. The maximum atomic E-state index is 13.0. The van der Waals surface area contributed by atoms with E-state index in [1.54, 1.807) is 7.11 Å². The molecule has 24 heavy (non-hydrogen) atoms. The van der Waals surface area contributed by atoms with Crippen molar-refractivity contribution >= 4 is 16.8 Å². The molecule has 1 saturated heterocycles. The van der Waals surface area contributed by atoms with Gasteiger partial charge in [0, 0.05) is 17.4 Å². The van der Waals surface area contributed by atoms with Gasteiger partial charge in [-0.1, -0.05) is 0 Å².